The van der Waals surface area contributed by atoms with Crippen LogP contribution < -0.4 is 4.74 Å². The maximum Gasteiger partial charge on any atom is 0.316 e. The summed E-state index contributed by atoms with van der Waals surface area (Å²) in [7, 11) is 3.40. The molecule has 0 aromatic carbocycles. The molecule has 0 atom stereocenters. The van der Waals surface area contributed by atoms with Crippen molar-refractivity contribution in [1.82, 2.24) is 14.9 Å². The molecule has 19 heavy (non-hydrogen) atoms. The summed E-state index contributed by atoms with van der Waals surface area (Å²) in [6.07, 6.45) is 2.84. The monoisotopic (exact) mass is 265 g/mol. The molecule has 1 saturated heterocycles. The van der Waals surface area contributed by atoms with E-state index in [1.165, 1.54) is 0 Å². The number of rotatable bonds is 6. The number of likely N-dealkylation sites (tertiary alicyclic amines) is 1. The van der Waals surface area contributed by atoms with Crippen LogP contribution in [-0.2, 0) is 11.3 Å². The second-order valence-electron chi connectivity index (χ2n) is 5.66. The van der Waals surface area contributed by atoms with Gasteiger partial charge in [0.05, 0.1) is 18.4 Å². The molecule has 0 unspecified atom stereocenters. The van der Waals surface area contributed by atoms with Crippen LogP contribution in [-0.4, -0.2) is 47.8 Å². The van der Waals surface area contributed by atoms with Crippen LogP contribution in [0.2, 0.25) is 0 Å². The molecule has 106 valence electrons. The van der Waals surface area contributed by atoms with E-state index >= 15 is 0 Å². The molecule has 2 heterocycles. The Morgan fingerprint density at radius 2 is 2.11 bits per heavy atom. The highest BCUT2D eigenvalue weighted by molar-refractivity contribution is 5.08. The molecule has 5 nitrogen and oxygen atoms in total. The number of nitrogens with zero attached hydrogens (tertiary/aromatic N) is 3. The van der Waals surface area contributed by atoms with Gasteiger partial charge in [0.2, 0.25) is 0 Å². The summed E-state index contributed by atoms with van der Waals surface area (Å²) in [5, 5.41) is 0. The summed E-state index contributed by atoms with van der Waals surface area (Å²) in [4.78, 5) is 10.7. The standard InChI is InChI=1S/C14H23N3O2/c1-11(2)7-14(19-4)9-17(10-14)8-12-5-6-15-13(16-12)18-3/h5-6,11H,7-10H2,1-4H3. The highest BCUT2D eigenvalue weighted by atomic mass is 16.5. The van der Waals surface area contributed by atoms with E-state index in [1.807, 2.05) is 13.2 Å². The summed E-state index contributed by atoms with van der Waals surface area (Å²) in [5.74, 6) is 0.654. The Balaban J connectivity index is 1.89. The van der Waals surface area contributed by atoms with Gasteiger partial charge in [0.1, 0.15) is 0 Å². The van der Waals surface area contributed by atoms with E-state index in [4.69, 9.17) is 9.47 Å². The van der Waals surface area contributed by atoms with Gasteiger partial charge in [-0.05, 0) is 18.4 Å². The lowest BCUT2D eigenvalue weighted by molar-refractivity contribution is -0.137. The quantitative estimate of drug-likeness (QED) is 0.784. The van der Waals surface area contributed by atoms with E-state index in [1.54, 1.807) is 13.3 Å². The van der Waals surface area contributed by atoms with Crippen LogP contribution in [0.4, 0.5) is 0 Å². The fourth-order valence-electron chi connectivity index (χ4n) is 2.76. The van der Waals surface area contributed by atoms with Gasteiger partial charge in [-0.3, -0.25) is 4.90 Å². The third kappa shape index (κ3) is 3.42. The minimum atomic E-state index is 0.0330. The van der Waals surface area contributed by atoms with Crippen molar-refractivity contribution < 1.29 is 9.47 Å². The zero-order valence-electron chi connectivity index (χ0n) is 12.2. The van der Waals surface area contributed by atoms with Crippen LogP contribution in [0.3, 0.4) is 0 Å². The largest absolute Gasteiger partial charge is 0.467 e. The molecule has 0 radical (unpaired) electrons. The number of hydrogen-bond acceptors (Lipinski definition) is 5. The van der Waals surface area contributed by atoms with E-state index < -0.39 is 0 Å². The Morgan fingerprint density at radius 1 is 1.37 bits per heavy atom. The van der Waals surface area contributed by atoms with Gasteiger partial charge in [-0.1, -0.05) is 13.8 Å². The number of methoxy groups -OCH3 is 2. The van der Waals surface area contributed by atoms with Crippen molar-refractivity contribution in [2.24, 2.45) is 5.92 Å². The molecule has 1 aromatic heterocycles. The molecule has 0 N–H and O–H groups in total. The molecule has 0 aliphatic carbocycles. The first-order chi connectivity index (χ1) is 9.07. The minimum Gasteiger partial charge on any atom is -0.467 e. The zero-order valence-corrected chi connectivity index (χ0v) is 12.2. The Bertz CT molecular complexity index is 417. The summed E-state index contributed by atoms with van der Waals surface area (Å²) in [5.41, 5.74) is 1.02. The number of aromatic nitrogens is 2. The van der Waals surface area contributed by atoms with Crippen molar-refractivity contribution >= 4 is 0 Å². The predicted octanol–water partition coefficient (Wildman–Crippen LogP) is 1.73. The van der Waals surface area contributed by atoms with Crippen molar-refractivity contribution in [2.75, 3.05) is 27.3 Å². The van der Waals surface area contributed by atoms with Gasteiger partial charge in [-0.25, -0.2) is 4.98 Å². The predicted molar refractivity (Wildman–Crippen MR) is 73.1 cm³/mol. The second kappa shape index (κ2) is 5.84. The normalized spacial score (nSPS) is 18.4. The first-order valence-corrected chi connectivity index (χ1v) is 6.70. The molecule has 0 bridgehead atoms. The van der Waals surface area contributed by atoms with Crippen molar-refractivity contribution in [2.45, 2.75) is 32.4 Å². The topological polar surface area (TPSA) is 47.5 Å². The van der Waals surface area contributed by atoms with Gasteiger partial charge in [0.25, 0.3) is 0 Å². The molecule has 0 amide bonds. The Labute approximate surface area is 115 Å². The first kappa shape index (κ1) is 14.2. The molecule has 0 spiro atoms. The highest BCUT2D eigenvalue weighted by Crippen LogP contribution is 2.32. The van der Waals surface area contributed by atoms with Crippen LogP contribution in [0.15, 0.2) is 12.3 Å². The van der Waals surface area contributed by atoms with E-state index in [0.29, 0.717) is 11.9 Å². The van der Waals surface area contributed by atoms with Crippen LogP contribution in [0.1, 0.15) is 26.0 Å². The van der Waals surface area contributed by atoms with Crippen LogP contribution >= 0.6 is 0 Å². The Morgan fingerprint density at radius 3 is 2.68 bits per heavy atom. The van der Waals surface area contributed by atoms with Crippen molar-refractivity contribution in [1.29, 1.82) is 0 Å². The average molecular weight is 265 g/mol. The van der Waals surface area contributed by atoms with Gasteiger partial charge in [0, 0.05) is 32.9 Å². The van der Waals surface area contributed by atoms with E-state index in [2.05, 4.69) is 28.7 Å². The molecule has 0 saturated carbocycles. The molecule has 5 heteroatoms. The van der Waals surface area contributed by atoms with Crippen LogP contribution in [0.25, 0.3) is 0 Å². The lowest BCUT2D eigenvalue weighted by Gasteiger charge is -2.50. The molecule has 1 aromatic rings. The Hall–Kier alpha value is -1.20. The van der Waals surface area contributed by atoms with Crippen molar-refractivity contribution in [3.8, 4) is 6.01 Å². The molecular formula is C14H23N3O2. The van der Waals surface area contributed by atoms with Gasteiger partial charge < -0.3 is 9.47 Å². The van der Waals surface area contributed by atoms with Gasteiger partial charge in [-0.2, -0.15) is 4.98 Å². The smallest absolute Gasteiger partial charge is 0.316 e. The molecule has 1 fully saturated rings. The highest BCUT2D eigenvalue weighted by Gasteiger charge is 2.43. The van der Waals surface area contributed by atoms with Crippen molar-refractivity contribution in [3.63, 3.8) is 0 Å². The molecule has 2 rings (SSSR count). The summed E-state index contributed by atoms with van der Waals surface area (Å²) in [6.45, 7) is 7.22. The second-order valence-corrected chi connectivity index (χ2v) is 5.66. The molecular weight excluding hydrogens is 242 g/mol. The zero-order chi connectivity index (χ0) is 13.9. The lowest BCUT2D eigenvalue weighted by Crippen LogP contribution is -2.62. The van der Waals surface area contributed by atoms with E-state index in [-0.39, 0.29) is 5.60 Å². The Kier molecular flexibility index (Phi) is 4.37. The summed E-state index contributed by atoms with van der Waals surface area (Å²) in [6, 6.07) is 2.36. The fraction of sp³-hybridized carbons (Fsp3) is 0.714. The lowest BCUT2D eigenvalue weighted by atomic mass is 9.85. The van der Waals surface area contributed by atoms with E-state index in [9.17, 15) is 0 Å². The van der Waals surface area contributed by atoms with Gasteiger partial charge in [-0.15, -0.1) is 0 Å². The summed E-state index contributed by atoms with van der Waals surface area (Å²) < 4.78 is 10.7. The third-order valence-corrected chi connectivity index (χ3v) is 3.50. The third-order valence-electron chi connectivity index (χ3n) is 3.50. The fourth-order valence-corrected chi connectivity index (χ4v) is 2.76. The van der Waals surface area contributed by atoms with Gasteiger partial charge in [0.15, 0.2) is 0 Å². The first-order valence-electron chi connectivity index (χ1n) is 6.70. The minimum absolute atomic E-state index is 0.0330. The van der Waals surface area contributed by atoms with Crippen LogP contribution in [0, 0.1) is 5.92 Å². The summed E-state index contributed by atoms with van der Waals surface area (Å²) >= 11 is 0. The molecule has 1 aliphatic rings. The SMILES string of the molecule is COc1nccc(CN2CC(CC(C)C)(OC)C2)n1. The van der Waals surface area contributed by atoms with Gasteiger partial charge >= 0.3 is 6.01 Å². The van der Waals surface area contributed by atoms with Crippen LogP contribution in [0.5, 0.6) is 6.01 Å². The average Bonchev–Trinajstić information content (AvgIpc) is 2.35. The van der Waals surface area contributed by atoms with Crippen molar-refractivity contribution in [3.05, 3.63) is 18.0 Å². The van der Waals surface area contributed by atoms with E-state index in [0.717, 1.165) is 31.7 Å². The number of hydrogen-bond donors (Lipinski definition) is 0. The molecule has 1 aliphatic heterocycles. The maximum atomic E-state index is 5.70. The number of ether oxygens (including phenoxy) is 2. The maximum absolute atomic E-state index is 5.70.